The Hall–Kier alpha value is -4.27. The number of hydrogen-bond donors (Lipinski definition) is 4. The van der Waals surface area contributed by atoms with E-state index in [-0.39, 0.29) is 28.2 Å². The lowest BCUT2D eigenvalue weighted by molar-refractivity contribution is 0.0961. The number of halogens is 1. The highest BCUT2D eigenvalue weighted by Gasteiger charge is 2.20. The lowest BCUT2D eigenvalue weighted by Crippen LogP contribution is -2.20. The summed E-state index contributed by atoms with van der Waals surface area (Å²) < 4.78 is 14.3. The quantitative estimate of drug-likeness (QED) is 0.394. The smallest absolute Gasteiger partial charge is 0.277 e. The van der Waals surface area contributed by atoms with Gasteiger partial charge in [0.25, 0.3) is 11.8 Å². The summed E-state index contributed by atoms with van der Waals surface area (Å²) in [6, 6.07) is 13.5. The molecule has 2 amide bonds. The Morgan fingerprint density at radius 1 is 1.03 bits per heavy atom. The van der Waals surface area contributed by atoms with E-state index in [1.54, 1.807) is 6.07 Å². The number of hydrogen-bond acceptors (Lipinski definition) is 5. The zero-order chi connectivity index (χ0) is 22.0. The van der Waals surface area contributed by atoms with Crippen LogP contribution in [0.2, 0.25) is 0 Å². The number of H-pyrrole nitrogens is 1. The number of rotatable bonds is 5. The number of carbonyl (C=O) groups is 2. The zero-order valence-corrected chi connectivity index (χ0v) is 16.8. The van der Waals surface area contributed by atoms with Gasteiger partial charge in [0.1, 0.15) is 5.82 Å². The molecule has 31 heavy (non-hydrogen) atoms. The second-order valence-corrected chi connectivity index (χ2v) is 6.83. The molecule has 0 fully saturated rings. The van der Waals surface area contributed by atoms with Gasteiger partial charge in [0.05, 0.1) is 22.2 Å². The van der Waals surface area contributed by atoms with Crippen LogP contribution >= 0.6 is 0 Å². The van der Waals surface area contributed by atoms with Gasteiger partial charge < -0.3 is 16.0 Å². The summed E-state index contributed by atoms with van der Waals surface area (Å²) >= 11 is 0. The summed E-state index contributed by atoms with van der Waals surface area (Å²) in [4.78, 5) is 29.3. The third-order valence-corrected chi connectivity index (χ3v) is 4.78. The summed E-state index contributed by atoms with van der Waals surface area (Å²) in [5, 5.41) is 15.1. The number of nitrogens with zero attached hydrogens (tertiary/aromatic N) is 2. The number of pyridine rings is 1. The predicted molar refractivity (Wildman–Crippen MR) is 116 cm³/mol. The van der Waals surface area contributed by atoms with Crippen molar-refractivity contribution in [2.45, 2.75) is 6.92 Å². The maximum Gasteiger partial charge on any atom is 0.277 e. The third kappa shape index (κ3) is 3.93. The fourth-order valence-corrected chi connectivity index (χ4v) is 3.14. The van der Waals surface area contributed by atoms with Gasteiger partial charge in [-0.3, -0.25) is 14.7 Å². The van der Waals surface area contributed by atoms with Crippen molar-refractivity contribution in [1.82, 2.24) is 20.5 Å². The number of aryl methyl sites for hydroxylation is 1. The van der Waals surface area contributed by atoms with E-state index in [9.17, 15) is 14.0 Å². The van der Waals surface area contributed by atoms with Crippen molar-refractivity contribution in [2.24, 2.45) is 0 Å². The summed E-state index contributed by atoms with van der Waals surface area (Å²) in [5.41, 5.74) is 2.57. The fraction of sp³-hybridized carbons (Fsp3) is 0.0909. The summed E-state index contributed by atoms with van der Waals surface area (Å²) in [6.07, 6.45) is 1.40. The number of anilines is 3. The molecule has 9 heteroatoms. The third-order valence-electron chi connectivity index (χ3n) is 4.78. The van der Waals surface area contributed by atoms with Crippen LogP contribution in [0, 0.1) is 12.7 Å². The first-order valence-electron chi connectivity index (χ1n) is 9.46. The Balaban J connectivity index is 1.73. The minimum absolute atomic E-state index is 0.0869. The number of amides is 2. The molecule has 4 rings (SSSR count). The first kappa shape index (κ1) is 20.0. The van der Waals surface area contributed by atoms with Crippen LogP contribution in [-0.2, 0) is 0 Å². The molecule has 0 aliphatic carbocycles. The van der Waals surface area contributed by atoms with E-state index in [1.807, 2.05) is 31.2 Å². The van der Waals surface area contributed by atoms with E-state index >= 15 is 0 Å². The van der Waals surface area contributed by atoms with Crippen LogP contribution in [0.5, 0.6) is 0 Å². The molecule has 0 aliphatic heterocycles. The van der Waals surface area contributed by atoms with Crippen molar-refractivity contribution >= 4 is 39.9 Å². The summed E-state index contributed by atoms with van der Waals surface area (Å²) in [6.45, 7) is 1.93. The first-order valence-corrected chi connectivity index (χ1v) is 9.46. The van der Waals surface area contributed by atoms with E-state index in [2.05, 4.69) is 31.1 Å². The van der Waals surface area contributed by atoms with Crippen LogP contribution < -0.4 is 16.0 Å². The lowest BCUT2D eigenvalue weighted by atomic mass is 10.1. The minimum atomic E-state index is -0.639. The van der Waals surface area contributed by atoms with Gasteiger partial charge in [-0.2, -0.15) is 5.10 Å². The molecule has 4 N–H and O–H groups in total. The average Bonchev–Trinajstić information content (AvgIpc) is 3.21. The van der Waals surface area contributed by atoms with Crippen LogP contribution in [-0.4, -0.2) is 34.0 Å². The normalized spacial score (nSPS) is 10.7. The standard InChI is InChI=1S/C22H19FN6O2/c1-12-6-3-4-8-15(12)26-20-17(10-13(11-25-20)21(30)24-2)27-22(31)19-18-14(23)7-5-9-16(18)28-29-19/h3-11H,1-2H3,(H,24,30)(H,25,26)(H,27,31)(H,28,29). The molecule has 4 aromatic rings. The first-order chi connectivity index (χ1) is 15.0. The molecule has 0 bridgehead atoms. The van der Waals surface area contributed by atoms with Gasteiger partial charge in [-0.1, -0.05) is 24.3 Å². The van der Waals surface area contributed by atoms with Crippen molar-refractivity contribution in [3.63, 3.8) is 0 Å². The molecule has 0 unspecified atom stereocenters. The topological polar surface area (TPSA) is 112 Å². The fourth-order valence-electron chi connectivity index (χ4n) is 3.14. The SMILES string of the molecule is CNC(=O)c1cnc(Nc2ccccc2C)c(NC(=O)c2n[nH]c3cccc(F)c23)c1. The van der Waals surface area contributed by atoms with Gasteiger partial charge in [-0.05, 0) is 36.8 Å². The molecule has 0 atom stereocenters. The number of para-hydroxylation sites is 1. The molecule has 0 aliphatic rings. The van der Waals surface area contributed by atoms with Gasteiger partial charge in [0.15, 0.2) is 11.5 Å². The van der Waals surface area contributed by atoms with Crippen molar-refractivity contribution in [3.05, 3.63) is 77.4 Å². The molecule has 156 valence electrons. The Morgan fingerprint density at radius 2 is 1.84 bits per heavy atom. The second kappa shape index (κ2) is 8.23. The largest absolute Gasteiger partial charge is 0.355 e. The van der Waals surface area contributed by atoms with E-state index < -0.39 is 11.7 Å². The van der Waals surface area contributed by atoms with Gasteiger partial charge >= 0.3 is 0 Å². The van der Waals surface area contributed by atoms with Crippen LogP contribution in [0.1, 0.15) is 26.4 Å². The van der Waals surface area contributed by atoms with Crippen LogP contribution in [0.4, 0.5) is 21.6 Å². The van der Waals surface area contributed by atoms with Gasteiger partial charge in [-0.25, -0.2) is 9.37 Å². The van der Waals surface area contributed by atoms with Crippen molar-refractivity contribution < 1.29 is 14.0 Å². The number of nitrogens with one attached hydrogen (secondary N) is 4. The highest BCUT2D eigenvalue weighted by molar-refractivity contribution is 6.12. The Bertz CT molecular complexity index is 1300. The predicted octanol–water partition coefficient (Wildman–Crippen LogP) is 3.76. The van der Waals surface area contributed by atoms with Crippen LogP contribution in [0.25, 0.3) is 10.9 Å². The Labute approximate surface area is 176 Å². The van der Waals surface area contributed by atoms with Gasteiger partial charge in [0, 0.05) is 18.9 Å². The molecular formula is C22H19FN6O2. The molecule has 2 aromatic heterocycles. The molecule has 8 nitrogen and oxygen atoms in total. The minimum Gasteiger partial charge on any atom is -0.355 e. The number of aromatic nitrogens is 3. The molecule has 2 heterocycles. The van der Waals surface area contributed by atoms with E-state index in [1.165, 1.54) is 31.4 Å². The summed E-state index contributed by atoms with van der Waals surface area (Å²) in [7, 11) is 1.50. The molecule has 0 radical (unpaired) electrons. The van der Waals surface area contributed by atoms with Gasteiger partial charge in [-0.15, -0.1) is 0 Å². The number of fused-ring (bicyclic) bond motifs is 1. The Kier molecular flexibility index (Phi) is 5.31. The molecule has 0 saturated heterocycles. The van der Waals surface area contributed by atoms with Crippen LogP contribution in [0.3, 0.4) is 0 Å². The maximum absolute atomic E-state index is 14.3. The molecule has 0 saturated carbocycles. The highest BCUT2D eigenvalue weighted by Crippen LogP contribution is 2.27. The number of carbonyl (C=O) groups excluding carboxylic acids is 2. The lowest BCUT2D eigenvalue weighted by Gasteiger charge is -2.14. The van der Waals surface area contributed by atoms with E-state index in [0.717, 1.165) is 11.3 Å². The van der Waals surface area contributed by atoms with E-state index in [4.69, 9.17) is 0 Å². The monoisotopic (exact) mass is 418 g/mol. The maximum atomic E-state index is 14.3. The Morgan fingerprint density at radius 3 is 2.61 bits per heavy atom. The zero-order valence-electron chi connectivity index (χ0n) is 16.8. The second-order valence-electron chi connectivity index (χ2n) is 6.83. The van der Waals surface area contributed by atoms with Crippen molar-refractivity contribution in [1.29, 1.82) is 0 Å². The van der Waals surface area contributed by atoms with E-state index in [0.29, 0.717) is 11.3 Å². The van der Waals surface area contributed by atoms with Gasteiger partial charge in [0.2, 0.25) is 0 Å². The number of benzene rings is 2. The highest BCUT2D eigenvalue weighted by atomic mass is 19.1. The van der Waals surface area contributed by atoms with Crippen molar-refractivity contribution in [3.8, 4) is 0 Å². The molecule has 0 spiro atoms. The average molecular weight is 418 g/mol. The molecule has 2 aromatic carbocycles. The van der Waals surface area contributed by atoms with Crippen molar-refractivity contribution in [2.75, 3.05) is 17.7 Å². The molecular weight excluding hydrogens is 399 g/mol. The summed E-state index contributed by atoms with van der Waals surface area (Å²) in [5.74, 6) is -1.23. The van der Waals surface area contributed by atoms with Crippen LogP contribution in [0.15, 0.2) is 54.7 Å². The number of aromatic amines is 1.